The molecule has 2 aromatic carbocycles. The van der Waals surface area contributed by atoms with E-state index < -0.39 is 11.9 Å². The van der Waals surface area contributed by atoms with Gasteiger partial charge >= 0.3 is 11.9 Å². The van der Waals surface area contributed by atoms with Crippen molar-refractivity contribution < 1.29 is 24.2 Å². The maximum atomic E-state index is 12.5. The van der Waals surface area contributed by atoms with E-state index in [2.05, 4.69) is 21.0 Å². The van der Waals surface area contributed by atoms with E-state index in [9.17, 15) is 14.7 Å². The summed E-state index contributed by atoms with van der Waals surface area (Å²) in [5.41, 5.74) is 0.430. The van der Waals surface area contributed by atoms with Crippen LogP contribution < -0.4 is 0 Å². The first-order valence-electron chi connectivity index (χ1n) is 7.92. The molecular weight excluding hydrogens is 452 g/mol. The fourth-order valence-corrected chi connectivity index (χ4v) is 3.16. The number of phenols is 1. The van der Waals surface area contributed by atoms with Gasteiger partial charge in [0.05, 0.1) is 24.9 Å². The maximum absolute atomic E-state index is 12.5. The molecule has 1 N–H and O–H groups in total. The number of carbonyl (C=O) groups excluding carboxylic acids is 2. The van der Waals surface area contributed by atoms with Crippen LogP contribution >= 0.6 is 27.5 Å². The van der Waals surface area contributed by atoms with Gasteiger partial charge in [-0.05, 0) is 40.2 Å². The number of aromatic nitrogens is 2. The van der Waals surface area contributed by atoms with E-state index in [1.54, 1.807) is 30.3 Å². The van der Waals surface area contributed by atoms with Gasteiger partial charge in [-0.3, -0.25) is 0 Å². The van der Waals surface area contributed by atoms with Crippen LogP contribution in [0.4, 0.5) is 0 Å². The van der Waals surface area contributed by atoms with Gasteiger partial charge in [0.1, 0.15) is 17.0 Å². The Labute approximate surface area is 173 Å². The van der Waals surface area contributed by atoms with Gasteiger partial charge in [0, 0.05) is 10.0 Å². The number of methoxy groups -OCH3 is 2. The van der Waals surface area contributed by atoms with E-state index in [1.807, 2.05) is 0 Å². The SMILES string of the molecule is COC(=O)c1c(-c2cc(Cl)c(Br)cc2O)nn(-c2ccccc2)c1C(=O)OC. The minimum Gasteiger partial charge on any atom is -0.507 e. The van der Waals surface area contributed by atoms with Gasteiger partial charge in [0.25, 0.3) is 0 Å². The van der Waals surface area contributed by atoms with E-state index in [0.717, 1.165) is 0 Å². The molecule has 0 bridgehead atoms. The number of nitrogens with zero attached hydrogens (tertiary/aromatic N) is 2. The van der Waals surface area contributed by atoms with Crippen LogP contribution in [0.3, 0.4) is 0 Å². The second-order valence-electron chi connectivity index (χ2n) is 5.59. The molecule has 0 saturated heterocycles. The first kappa shape index (κ1) is 19.9. The Hall–Kier alpha value is -2.84. The minimum absolute atomic E-state index is 0.0306. The Bertz CT molecular complexity index is 1070. The van der Waals surface area contributed by atoms with Crippen molar-refractivity contribution in [3.8, 4) is 22.7 Å². The Kier molecular flexibility index (Phi) is 5.71. The van der Waals surface area contributed by atoms with Crippen LogP contribution in [0.1, 0.15) is 20.8 Å². The molecule has 144 valence electrons. The zero-order valence-electron chi connectivity index (χ0n) is 14.8. The number of carbonyl (C=O) groups is 2. The van der Waals surface area contributed by atoms with Gasteiger partial charge in [-0.25, -0.2) is 14.3 Å². The Morgan fingerprint density at radius 1 is 1.11 bits per heavy atom. The molecule has 7 nitrogen and oxygen atoms in total. The van der Waals surface area contributed by atoms with Crippen molar-refractivity contribution in [3.05, 3.63) is 63.2 Å². The number of halogens is 2. The fourth-order valence-electron chi connectivity index (χ4n) is 2.67. The second-order valence-corrected chi connectivity index (χ2v) is 6.85. The third kappa shape index (κ3) is 3.48. The number of hydrogen-bond acceptors (Lipinski definition) is 6. The number of hydrogen-bond donors (Lipinski definition) is 1. The number of para-hydroxylation sites is 1. The quantitative estimate of drug-likeness (QED) is 0.580. The number of benzene rings is 2. The molecule has 1 aromatic heterocycles. The smallest absolute Gasteiger partial charge is 0.357 e. The van der Waals surface area contributed by atoms with E-state index in [0.29, 0.717) is 10.2 Å². The van der Waals surface area contributed by atoms with Gasteiger partial charge < -0.3 is 14.6 Å². The monoisotopic (exact) mass is 464 g/mol. The molecule has 3 rings (SSSR count). The van der Waals surface area contributed by atoms with Crippen LogP contribution in [0.25, 0.3) is 16.9 Å². The molecule has 0 aliphatic carbocycles. The van der Waals surface area contributed by atoms with Crippen molar-refractivity contribution in [2.45, 2.75) is 0 Å². The normalized spacial score (nSPS) is 10.6. The molecule has 9 heteroatoms. The third-order valence-electron chi connectivity index (χ3n) is 3.95. The lowest BCUT2D eigenvalue weighted by molar-refractivity contribution is 0.0549. The largest absolute Gasteiger partial charge is 0.507 e. The minimum atomic E-state index is -0.809. The Morgan fingerprint density at radius 3 is 2.36 bits per heavy atom. The molecule has 0 atom stereocenters. The van der Waals surface area contributed by atoms with E-state index in [4.69, 9.17) is 21.1 Å². The molecule has 0 spiro atoms. The summed E-state index contributed by atoms with van der Waals surface area (Å²) in [6, 6.07) is 11.5. The number of rotatable bonds is 4. The van der Waals surface area contributed by atoms with Crippen molar-refractivity contribution >= 4 is 39.5 Å². The molecule has 0 saturated carbocycles. The molecule has 28 heavy (non-hydrogen) atoms. The van der Waals surface area contributed by atoms with Gasteiger partial charge in [-0.15, -0.1) is 0 Å². The fraction of sp³-hybridized carbons (Fsp3) is 0.105. The van der Waals surface area contributed by atoms with Crippen LogP contribution in [0, 0.1) is 0 Å². The van der Waals surface area contributed by atoms with Crippen molar-refractivity contribution in [2.75, 3.05) is 14.2 Å². The Balaban J connectivity index is 2.40. The summed E-state index contributed by atoms with van der Waals surface area (Å²) >= 11 is 9.38. The lowest BCUT2D eigenvalue weighted by Crippen LogP contribution is -2.15. The number of ether oxygens (including phenoxy) is 2. The highest BCUT2D eigenvalue weighted by Gasteiger charge is 2.32. The number of aromatic hydroxyl groups is 1. The van der Waals surface area contributed by atoms with Gasteiger partial charge in [0.2, 0.25) is 0 Å². The summed E-state index contributed by atoms with van der Waals surface area (Å²) in [7, 11) is 2.38. The summed E-state index contributed by atoms with van der Waals surface area (Å²) < 4.78 is 11.4. The molecular formula is C19H14BrClN2O5. The number of phenolic OH excluding ortho intramolecular Hbond substituents is 1. The van der Waals surface area contributed by atoms with Crippen molar-refractivity contribution in [3.63, 3.8) is 0 Å². The average Bonchev–Trinajstić information content (AvgIpc) is 3.10. The molecule has 0 fully saturated rings. The highest BCUT2D eigenvalue weighted by molar-refractivity contribution is 9.10. The maximum Gasteiger partial charge on any atom is 0.357 e. The van der Waals surface area contributed by atoms with Crippen molar-refractivity contribution in [1.82, 2.24) is 9.78 Å². The first-order valence-corrected chi connectivity index (χ1v) is 9.09. The van der Waals surface area contributed by atoms with Crippen molar-refractivity contribution in [1.29, 1.82) is 0 Å². The molecule has 0 radical (unpaired) electrons. The van der Waals surface area contributed by atoms with Gasteiger partial charge in [-0.2, -0.15) is 5.10 Å². The predicted octanol–water partition coefficient (Wildman–Crippen LogP) is 4.23. The molecule has 3 aromatic rings. The van der Waals surface area contributed by atoms with Gasteiger partial charge in [0.15, 0.2) is 5.69 Å². The van der Waals surface area contributed by atoms with Crippen LogP contribution in [-0.4, -0.2) is 41.0 Å². The van der Waals surface area contributed by atoms with Crippen LogP contribution in [0.2, 0.25) is 5.02 Å². The molecule has 0 aliphatic rings. The average molecular weight is 466 g/mol. The van der Waals surface area contributed by atoms with E-state index in [-0.39, 0.29) is 33.3 Å². The number of esters is 2. The summed E-state index contributed by atoms with van der Waals surface area (Å²) in [6.45, 7) is 0. The second kappa shape index (κ2) is 8.04. The first-order chi connectivity index (χ1) is 13.4. The summed E-state index contributed by atoms with van der Waals surface area (Å²) in [5, 5.41) is 15.1. The Morgan fingerprint density at radius 2 is 1.75 bits per heavy atom. The molecule has 1 heterocycles. The molecule has 0 unspecified atom stereocenters. The molecule has 0 aliphatic heterocycles. The zero-order chi connectivity index (χ0) is 20.4. The van der Waals surface area contributed by atoms with Crippen LogP contribution in [0.5, 0.6) is 5.75 Å². The van der Waals surface area contributed by atoms with Gasteiger partial charge in [-0.1, -0.05) is 29.8 Å². The molecule has 0 amide bonds. The predicted molar refractivity (Wildman–Crippen MR) is 106 cm³/mol. The summed E-state index contributed by atoms with van der Waals surface area (Å²) in [6.07, 6.45) is 0. The van der Waals surface area contributed by atoms with Crippen LogP contribution in [0.15, 0.2) is 46.9 Å². The lowest BCUT2D eigenvalue weighted by Gasteiger charge is -2.07. The van der Waals surface area contributed by atoms with Crippen LogP contribution in [-0.2, 0) is 9.47 Å². The highest BCUT2D eigenvalue weighted by Crippen LogP contribution is 2.39. The lowest BCUT2D eigenvalue weighted by atomic mass is 10.0. The standard InChI is InChI=1S/C19H14BrClN2O5/c1-27-18(25)15-16(11-8-13(21)12(20)9-14(11)24)22-23(17(15)19(26)28-2)10-6-4-3-5-7-10/h3-9,24H,1-2H3. The summed E-state index contributed by atoms with van der Waals surface area (Å²) in [4.78, 5) is 25.1. The van der Waals surface area contributed by atoms with E-state index >= 15 is 0 Å². The highest BCUT2D eigenvalue weighted by atomic mass is 79.9. The third-order valence-corrected chi connectivity index (χ3v) is 5.15. The van der Waals surface area contributed by atoms with Crippen molar-refractivity contribution in [2.24, 2.45) is 0 Å². The summed E-state index contributed by atoms with van der Waals surface area (Å²) in [5.74, 6) is -1.78. The zero-order valence-corrected chi connectivity index (χ0v) is 17.1. The topological polar surface area (TPSA) is 90.6 Å². The van der Waals surface area contributed by atoms with E-state index in [1.165, 1.54) is 31.0 Å².